The fourth-order valence-corrected chi connectivity index (χ4v) is 5.73. The van der Waals surface area contributed by atoms with Crippen LogP contribution in [-0.2, 0) is 29.0 Å². The number of aliphatic hydroxyl groups excluding tert-OH is 2. The number of benzene rings is 2. The first-order valence-corrected chi connectivity index (χ1v) is 14.3. The molecule has 232 valence electrons. The molecule has 7 N–H and O–H groups in total. The first-order valence-electron chi connectivity index (χ1n) is 14.3. The van der Waals surface area contributed by atoms with Crippen molar-refractivity contribution in [3.8, 4) is 17.2 Å². The second-order valence-corrected chi connectivity index (χ2v) is 11.4. The Morgan fingerprint density at radius 2 is 2.02 bits per heavy atom. The van der Waals surface area contributed by atoms with Crippen molar-refractivity contribution in [1.29, 1.82) is 0 Å². The highest BCUT2D eigenvalue weighted by Crippen LogP contribution is 2.50. The van der Waals surface area contributed by atoms with Gasteiger partial charge in [0.15, 0.2) is 5.43 Å². The number of dihydropyridines is 1. The molecule has 11 heteroatoms. The number of carbonyl (C=O) groups excluding carboxylic acids is 1. The molecule has 0 spiro atoms. The van der Waals surface area contributed by atoms with E-state index in [2.05, 4.69) is 5.32 Å². The lowest BCUT2D eigenvalue weighted by molar-refractivity contribution is -0.157. The van der Waals surface area contributed by atoms with Crippen LogP contribution in [0.4, 0.5) is 0 Å². The van der Waals surface area contributed by atoms with Crippen LogP contribution >= 0.6 is 0 Å². The molecule has 2 aliphatic rings. The predicted molar refractivity (Wildman–Crippen MR) is 162 cm³/mol. The normalized spacial score (nSPS) is 18.4. The molecule has 2 aromatic carbocycles. The number of fused-ring (bicyclic) bond motifs is 2. The zero-order valence-corrected chi connectivity index (χ0v) is 24.7. The fraction of sp³-hybridized carbons (Fsp3) is 0.333. The van der Waals surface area contributed by atoms with Crippen molar-refractivity contribution in [3.05, 3.63) is 98.2 Å². The van der Waals surface area contributed by atoms with Gasteiger partial charge in [-0.15, -0.1) is 0 Å². The molecule has 0 bridgehead atoms. The van der Waals surface area contributed by atoms with Gasteiger partial charge < -0.3 is 45.4 Å². The minimum absolute atomic E-state index is 0.00156. The Balaban J connectivity index is 1.79. The number of rotatable bonds is 8. The molecular formula is C33H36N2O9. The van der Waals surface area contributed by atoms with Gasteiger partial charge in [-0.3, -0.25) is 4.79 Å². The van der Waals surface area contributed by atoms with Crippen LogP contribution in [0.3, 0.4) is 0 Å². The van der Waals surface area contributed by atoms with E-state index in [0.717, 1.165) is 17.2 Å². The maximum Gasteiger partial charge on any atom is 0.336 e. The largest absolute Gasteiger partial charge is 0.508 e. The average molecular weight is 605 g/mol. The lowest BCUT2D eigenvalue weighted by Crippen LogP contribution is -2.49. The molecule has 0 unspecified atom stereocenters. The standard InChI is InChI=1S/C33H36N2O9/c1-4-18(15-36)32(41)43-25-14-23-29(40)28-24(39)13-21(16-37)42-31(28)27(30(23)44-33(25,2)3)22(19-8-9-35-26(34)12-19)11-17-6-5-7-20(38)10-17/h4-8,10,12-13,22,25,35-38,40H,9,11,14-16,34H2,1-3H3/b18-4-/t22-,25-/m1/s1. The lowest BCUT2D eigenvalue weighted by atomic mass is 9.79. The molecule has 0 aliphatic carbocycles. The molecule has 0 saturated carbocycles. The van der Waals surface area contributed by atoms with Crippen molar-refractivity contribution in [2.75, 3.05) is 13.2 Å². The maximum absolute atomic E-state index is 13.4. The number of hydrogen-bond donors (Lipinski definition) is 6. The third kappa shape index (κ3) is 5.76. The van der Waals surface area contributed by atoms with E-state index in [1.54, 1.807) is 45.0 Å². The van der Waals surface area contributed by atoms with Crippen LogP contribution in [0, 0.1) is 0 Å². The number of nitrogens with one attached hydrogen (secondary N) is 1. The number of esters is 1. The van der Waals surface area contributed by atoms with Crippen molar-refractivity contribution in [2.24, 2.45) is 5.73 Å². The molecule has 3 heterocycles. The number of ether oxygens (including phenoxy) is 2. The topological polar surface area (TPSA) is 185 Å². The molecule has 2 atom stereocenters. The van der Waals surface area contributed by atoms with Crippen LogP contribution in [-0.4, -0.2) is 51.3 Å². The molecule has 0 amide bonds. The van der Waals surface area contributed by atoms with Gasteiger partial charge in [0, 0.05) is 36.1 Å². The Labute approximate surface area is 253 Å². The molecule has 11 nitrogen and oxygen atoms in total. The van der Waals surface area contributed by atoms with Crippen LogP contribution in [0.25, 0.3) is 11.0 Å². The smallest absolute Gasteiger partial charge is 0.336 e. The number of nitrogens with two attached hydrogens (primary N) is 1. The number of allylic oxidation sites excluding steroid dienone is 3. The SMILES string of the molecule is C/C=C(/CO)C(=O)O[C@@H]1Cc2c(c([C@H](Cc3cccc(O)c3)C3=CCNC(N)=C3)c3oc(CO)cc(=O)c3c2O)OC1(C)C. The summed E-state index contributed by atoms with van der Waals surface area (Å²) in [5.41, 5.74) is 6.80. The van der Waals surface area contributed by atoms with E-state index in [0.29, 0.717) is 24.4 Å². The summed E-state index contributed by atoms with van der Waals surface area (Å²) < 4.78 is 18.5. The number of phenolic OH excluding ortho intramolecular Hbond substituents is 2. The Hall–Kier alpha value is -4.74. The highest BCUT2D eigenvalue weighted by atomic mass is 16.6. The average Bonchev–Trinajstić information content (AvgIpc) is 2.97. The predicted octanol–water partition coefficient (Wildman–Crippen LogP) is 2.92. The lowest BCUT2D eigenvalue weighted by Gasteiger charge is -2.41. The van der Waals surface area contributed by atoms with Gasteiger partial charge in [0.1, 0.15) is 52.3 Å². The number of aromatic hydroxyl groups is 2. The van der Waals surface area contributed by atoms with Gasteiger partial charge in [-0.05, 0) is 56.5 Å². The van der Waals surface area contributed by atoms with Gasteiger partial charge in [-0.25, -0.2) is 4.79 Å². The summed E-state index contributed by atoms with van der Waals surface area (Å²) in [5.74, 6) is -0.927. The van der Waals surface area contributed by atoms with E-state index < -0.39 is 42.2 Å². The first-order chi connectivity index (χ1) is 21.0. The van der Waals surface area contributed by atoms with Crippen LogP contribution in [0.15, 0.2) is 74.7 Å². The molecule has 0 fully saturated rings. The van der Waals surface area contributed by atoms with E-state index in [1.165, 1.54) is 6.08 Å². The molecule has 2 aliphatic heterocycles. The van der Waals surface area contributed by atoms with E-state index in [9.17, 15) is 30.0 Å². The Morgan fingerprint density at radius 1 is 1.25 bits per heavy atom. The van der Waals surface area contributed by atoms with Gasteiger partial charge in [-0.2, -0.15) is 0 Å². The quantitative estimate of drug-likeness (QED) is 0.164. The molecule has 5 rings (SSSR count). The van der Waals surface area contributed by atoms with Crippen LogP contribution < -0.4 is 21.2 Å². The summed E-state index contributed by atoms with van der Waals surface area (Å²) in [4.78, 5) is 26.3. The summed E-state index contributed by atoms with van der Waals surface area (Å²) in [6.45, 7) is 4.45. The van der Waals surface area contributed by atoms with E-state index in [4.69, 9.17) is 19.6 Å². The Kier molecular flexibility index (Phi) is 8.44. The summed E-state index contributed by atoms with van der Waals surface area (Å²) >= 11 is 0. The highest BCUT2D eigenvalue weighted by Gasteiger charge is 2.44. The van der Waals surface area contributed by atoms with Crippen LogP contribution in [0.5, 0.6) is 17.2 Å². The zero-order chi connectivity index (χ0) is 31.8. The third-order valence-electron chi connectivity index (χ3n) is 8.07. The van der Waals surface area contributed by atoms with Gasteiger partial charge in [-0.1, -0.05) is 24.3 Å². The summed E-state index contributed by atoms with van der Waals surface area (Å²) in [6, 6.07) is 7.89. The first kappa shape index (κ1) is 30.7. The van der Waals surface area contributed by atoms with Gasteiger partial charge in [0.25, 0.3) is 0 Å². The van der Waals surface area contributed by atoms with Gasteiger partial charge in [0.05, 0.1) is 18.0 Å². The fourth-order valence-electron chi connectivity index (χ4n) is 5.73. The van der Waals surface area contributed by atoms with Crippen molar-refractivity contribution in [3.63, 3.8) is 0 Å². The van der Waals surface area contributed by atoms with Crippen LogP contribution in [0.2, 0.25) is 0 Å². The summed E-state index contributed by atoms with van der Waals surface area (Å²) in [6.07, 6.45) is 4.56. The zero-order valence-electron chi connectivity index (χ0n) is 24.7. The minimum Gasteiger partial charge on any atom is -0.508 e. The second kappa shape index (κ2) is 12.1. The molecule has 44 heavy (non-hydrogen) atoms. The van der Waals surface area contributed by atoms with Gasteiger partial charge in [0.2, 0.25) is 0 Å². The van der Waals surface area contributed by atoms with Crippen molar-refractivity contribution < 1.29 is 39.1 Å². The van der Waals surface area contributed by atoms with Crippen molar-refractivity contribution >= 4 is 16.9 Å². The molecule has 0 radical (unpaired) electrons. The number of phenols is 2. The van der Waals surface area contributed by atoms with Gasteiger partial charge >= 0.3 is 5.97 Å². The van der Waals surface area contributed by atoms with E-state index >= 15 is 0 Å². The molecular weight excluding hydrogens is 568 g/mol. The Bertz CT molecular complexity index is 1770. The summed E-state index contributed by atoms with van der Waals surface area (Å²) in [5, 5.41) is 44.3. The number of hydrogen-bond acceptors (Lipinski definition) is 11. The second-order valence-electron chi connectivity index (χ2n) is 11.4. The number of aliphatic hydroxyl groups is 2. The highest BCUT2D eigenvalue weighted by molar-refractivity contribution is 5.92. The molecule has 1 aromatic heterocycles. The number of carbonyl (C=O) groups is 1. The summed E-state index contributed by atoms with van der Waals surface area (Å²) in [7, 11) is 0. The maximum atomic E-state index is 13.4. The van der Waals surface area contributed by atoms with Crippen molar-refractivity contribution in [1.82, 2.24) is 5.32 Å². The minimum atomic E-state index is -1.13. The van der Waals surface area contributed by atoms with Crippen LogP contribution in [0.1, 0.15) is 49.1 Å². The van der Waals surface area contributed by atoms with Crippen molar-refractivity contribution in [2.45, 2.75) is 57.8 Å². The third-order valence-corrected chi connectivity index (χ3v) is 8.07. The van der Waals surface area contributed by atoms with E-state index in [-0.39, 0.29) is 51.5 Å². The monoisotopic (exact) mass is 604 g/mol. The molecule has 0 saturated heterocycles. The Morgan fingerprint density at radius 3 is 2.68 bits per heavy atom. The van der Waals surface area contributed by atoms with E-state index in [1.807, 2.05) is 12.1 Å². The molecule has 3 aromatic rings.